The zero-order valence-electron chi connectivity index (χ0n) is 33.3. The molecule has 0 aromatic heterocycles. The van der Waals surface area contributed by atoms with Crippen LogP contribution in [0.25, 0.3) is 44.5 Å². The molecule has 0 bridgehead atoms. The van der Waals surface area contributed by atoms with Gasteiger partial charge >= 0.3 is 0 Å². The molecular formula is C57H39NO2. The number of benzene rings is 9. The first-order valence-corrected chi connectivity index (χ1v) is 20.7. The van der Waals surface area contributed by atoms with Crippen LogP contribution < -0.4 is 14.4 Å². The number of ether oxygens (including phenoxy) is 2. The summed E-state index contributed by atoms with van der Waals surface area (Å²) in [5.41, 5.74) is 19.5. The molecule has 0 fully saturated rings. The Bertz CT molecular complexity index is 3140. The molecule has 12 rings (SSSR count). The van der Waals surface area contributed by atoms with Crippen LogP contribution in [-0.2, 0) is 5.41 Å². The largest absolute Gasteiger partial charge is 0.449 e. The van der Waals surface area contributed by atoms with Gasteiger partial charge in [-0.2, -0.15) is 0 Å². The van der Waals surface area contributed by atoms with Gasteiger partial charge in [-0.3, -0.25) is 0 Å². The van der Waals surface area contributed by atoms with Gasteiger partial charge in [0.2, 0.25) is 0 Å². The van der Waals surface area contributed by atoms with Crippen LogP contribution in [0.2, 0.25) is 0 Å². The molecule has 0 N–H and O–H groups in total. The van der Waals surface area contributed by atoms with Gasteiger partial charge in [0.15, 0.2) is 23.0 Å². The summed E-state index contributed by atoms with van der Waals surface area (Å²) in [6.45, 7) is 4.33. The number of anilines is 3. The Morgan fingerprint density at radius 3 is 1.65 bits per heavy atom. The van der Waals surface area contributed by atoms with Crippen molar-refractivity contribution in [2.45, 2.75) is 19.3 Å². The van der Waals surface area contributed by atoms with Crippen molar-refractivity contribution in [3.63, 3.8) is 0 Å². The summed E-state index contributed by atoms with van der Waals surface area (Å²) >= 11 is 0. The molecule has 3 aliphatic rings. The minimum absolute atomic E-state index is 0.471. The van der Waals surface area contributed by atoms with Crippen molar-refractivity contribution in [3.8, 4) is 67.5 Å². The van der Waals surface area contributed by atoms with Gasteiger partial charge in [-0.05, 0) is 117 Å². The molecule has 0 saturated heterocycles. The van der Waals surface area contributed by atoms with E-state index in [9.17, 15) is 0 Å². The van der Waals surface area contributed by atoms with Crippen molar-refractivity contribution >= 4 is 17.1 Å². The molecule has 3 nitrogen and oxygen atoms in total. The molecule has 284 valence electrons. The van der Waals surface area contributed by atoms with E-state index in [0.717, 1.165) is 39.5 Å². The number of rotatable bonds is 5. The van der Waals surface area contributed by atoms with E-state index in [0.29, 0.717) is 17.2 Å². The number of para-hydroxylation sites is 2. The molecule has 3 heteroatoms. The summed E-state index contributed by atoms with van der Waals surface area (Å²) in [6.07, 6.45) is 0. The second kappa shape index (κ2) is 13.2. The summed E-state index contributed by atoms with van der Waals surface area (Å²) in [5.74, 6) is 2.79. The van der Waals surface area contributed by atoms with E-state index in [2.05, 4.69) is 213 Å². The van der Waals surface area contributed by atoms with Crippen LogP contribution in [0.1, 0.15) is 33.4 Å². The third-order valence-corrected chi connectivity index (χ3v) is 12.9. The number of aryl methyl sites for hydroxylation is 2. The molecular weight excluding hydrogens is 731 g/mol. The highest BCUT2D eigenvalue weighted by atomic mass is 16.6. The van der Waals surface area contributed by atoms with E-state index in [1.807, 2.05) is 6.07 Å². The van der Waals surface area contributed by atoms with Gasteiger partial charge in [0.25, 0.3) is 0 Å². The molecule has 1 aliphatic heterocycles. The quantitative estimate of drug-likeness (QED) is 0.174. The predicted molar refractivity (Wildman–Crippen MR) is 244 cm³/mol. The van der Waals surface area contributed by atoms with Crippen LogP contribution in [0.5, 0.6) is 23.0 Å². The van der Waals surface area contributed by atoms with Gasteiger partial charge in [-0.15, -0.1) is 0 Å². The van der Waals surface area contributed by atoms with Gasteiger partial charge in [-0.25, -0.2) is 0 Å². The molecule has 60 heavy (non-hydrogen) atoms. The number of fused-ring (bicyclic) bond motifs is 13. The van der Waals surface area contributed by atoms with Crippen LogP contribution in [-0.4, -0.2) is 0 Å². The predicted octanol–water partition coefficient (Wildman–Crippen LogP) is 15.3. The molecule has 0 saturated carbocycles. The first kappa shape index (κ1) is 34.4. The molecule has 2 aliphatic carbocycles. The normalized spacial score (nSPS) is 13.2. The van der Waals surface area contributed by atoms with E-state index in [4.69, 9.17) is 9.47 Å². The standard InChI is InChI=1S/C57H39NO2/c1-36-27-28-40(35-37(36)2)38-29-31-41(32-30-38)58(50-24-13-9-17-42(50)39-15-4-3-5-16-39)51-25-14-26-52-55(51)59-53-34-33-49-54(56(53)60-52)45-20-8-12-23-48(45)57(49)46-21-10-6-18-43(46)44-19-7-11-22-47(44)57/h3-35H,1-2H3. The minimum Gasteiger partial charge on any atom is -0.449 e. The maximum atomic E-state index is 7.18. The fraction of sp³-hybridized carbons (Fsp3) is 0.0526. The van der Waals surface area contributed by atoms with Crippen LogP contribution >= 0.6 is 0 Å². The highest BCUT2D eigenvalue weighted by molar-refractivity contribution is 5.98. The minimum atomic E-state index is -0.471. The molecule has 0 unspecified atom stereocenters. The van der Waals surface area contributed by atoms with E-state index in [-0.39, 0.29) is 0 Å². The van der Waals surface area contributed by atoms with Crippen LogP contribution in [0.15, 0.2) is 200 Å². The molecule has 1 heterocycles. The topological polar surface area (TPSA) is 21.7 Å². The summed E-state index contributed by atoms with van der Waals surface area (Å²) in [7, 11) is 0. The summed E-state index contributed by atoms with van der Waals surface area (Å²) in [6, 6.07) is 72.0. The average Bonchev–Trinajstić information content (AvgIpc) is 3.78. The van der Waals surface area contributed by atoms with Crippen LogP contribution in [0.4, 0.5) is 17.1 Å². The Balaban J connectivity index is 1.03. The van der Waals surface area contributed by atoms with Crippen molar-refractivity contribution in [2.24, 2.45) is 0 Å². The lowest BCUT2D eigenvalue weighted by atomic mass is 9.70. The van der Waals surface area contributed by atoms with Crippen molar-refractivity contribution < 1.29 is 9.47 Å². The third-order valence-electron chi connectivity index (χ3n) is 12.9. The Morgan fingerprint density at radius 2 is 0.933 bits per heavy atom. The molecule has 0 atom stereocenters. The van der Waals surface area contributed by atoms with Crippen molar-refractivity contribution in [1.29, 1.82) is 0 Å². The van der Waals surface area contributed by atoms with Crippen LogP contribution in [0, 0.1) is 13.8 Å². The second-order valence-corrected chi connectivity index (χ2v) is 16.1. The van der Waals surface area contributed by atoms with Gasteiger partial charge in [0.05, 0.1) is 16.8 Å². The lowest BCUT2D eigenvalue weighted by molar-refractivity contribution is 0.361. The van der Waals surface area contributed by atoms with Crippen molar-refractivity contribution in [1.82, 2.24) is 0 Å². The molecule has 1 spiro atoms. The van der Waals surface area contributed by atoms with E-state index in [1.165, 1.54) is 61.2 Å². The van der Waals surface area contributed by atoms with Gasteiger partial charge in [0, 0.05) is 16.8 Å². The van der Waals surface area contributed by atoms with Gasteiger partial charge in [0.1, 0.15) is 0 Å². The fourth-order valence-corrected chi connectivity index (χ4v) is 10.1. The SMILES string of the molecule is Cc1ccc(-c2ccc(N(c3ccccc3-c3ccccc3)c3cccc4c3Oc3ccc5c(c3O4)-c3ccccc3C53c4ccccc4-c4ccccc43)cc2)cc1C. The smallest absolute Gasteiger partial charge is 0.194 e. The lowest BCUT2D eigenvalue weighted by Crippen LogP contribution is -2.25. The highest BCUT2D eigenvalue weighted by Gasteiger charge is 2.53. The molecule has 0 amide bonds. The first-order chi connectivity index (χ1) is 29.6. The summed E-state index contributed by atoms with van der Waals surface area (Å²) < 4.78 is 14.3. The first-order valence-electron chi connectivity index (χ1n) is 20.7. The van der Waals surface area contributed by atoms with E-state index in [1.54, 1.807) is 0 Å². The lowest BCUT2D eigenvalue weighted by Gasteiger charge is -2.33. The highest BCUT2D eigenvalue weighted by Crippen LogP contribution is 2.67. The maximum absolute atomic E-state index is 7.18. The van der Waals surface area contributed by atoms with E-state index < -0.39 is 5.41 Å². The Kier molecular flexibility index (Phi) is 7.58. The summed E-state index contributed by atoms with van der Waals surface area (Å²) in [5, 5.41) is 0. The Morgan fingerprint density at radius 1 is 0.367 bits per heavy atom. The van der Waals surface area contributed by atoms with E-state index >= 15 is 0 Å². The van der Waals surface area contributed by atoms with Gasteiger partial charge < -0.3 is 14.4 Å². The second-order valence-electron chi connectivity index (χ2n) is 16.1. The Labute approximate surface area is 350 Å². The molecule has 9 aromatic carbocycles. The van der Waals surface area contributed by atoms with Crippen LogP contribution in [0.3, 0.4) is 0 Å². The monoisotopic (exact) mass is 769 g/mol. The molecule has 0 radical (unpaired) electrons. The summed E-state index contributed by atoms with van der Waals surface area (Å²) in [4.78, 5) is 2.31. The number of hydrogen-bond donors (Lipinski definition) is 0. The Hall–Kier alpha value is -7.62. The fourth-order valence-electron chi connectivity index (χ4n) is 10.1. The number of hydrogen-bond acceptors (Lipinski definition) is 3. The van der Waals surface area contributed by atoms with Crippen molar-refractivity contribution in [3.05, 3.63) is 234 Å². The number of nitrogens with zero attached hydrogens (tertiary/aromatic N) is 1. The average molecular weight is 770 g/mol. The molecule has 9 aromatic rings. The zero-order valence-corrected chi connectivity index (χ0v) is 33.3. The zero-order chi connectivity index (χ0) is 40.0. The van der Waals surface area contributed by atoms with Crippen molar-refractivity contribution in [2.75, 3.05) is 4.90 Å². The third kappa shape index (κ3) is 4.90. The van der Waals surface area contributed by atoms with Gasteiger partial charge in [-0.1, -0.05) is 164 Å². The maximum Gasteiger partial charge on any atom is 0.194 e.